The standard InChI is InChI=1S/C10H10ClNOS/c11-9-3-5-14-10(9)7-12-6-8-2-1-4-13-8/h1-5,12H,6-7H2. The fraction of sp³-hybridized carbons (Fsp3) is 0.200. The van der Waals surface area contributed by atoms with E-state index in [1.54, 1.807) is 17.6 Å². The van der Waals surface area contributed by atoms with Crippen LogP contribution in [0.1, 0.15) is 10.6 Å². The van der Waals surface area contributed by atoms with E-state index < -0.39 is 0 Å². The molecule has 0 aliphatic heterocycles. The van der Waals surface area contributed by atoms with Crippen molar-refractivity contribution in [3.63, 3.8) is 0 Å². The van der Waals surface area contributed by atoms with Crippen LogP contribution >= 0.6 is 22.9 Å². The Bertz CT molecular complexity index is 382. The van der Waals surface area contributed by atoms with Crippen LogP contribution in [0.2, 0.25) is 5.02 Å². The van der Waals surface area contributed by atoms with Gasteiger partial charge >= 0.3 is 0 Å². The second-order valence-electron chi connectivity index (χ2n) is 2.87. The Morgan fingerprint density at radius 1 is 1.36 bits per heavy atom. The average Bonchev–Trinajstić information content (AvgIpc) is 2.78. The van der Waals surface area contributed by atoms with E-state index in [4.69, 9.17) is 16.0 Å². The van der Waals surface area contributed by atoms with Crippen molar-refractivity contribution in [1.29, 1.82) is 0 Å². The Morgan fingerprint density at radius 3 is 2.93 bits per heavy atom. The number of rotatable bonds is 4. The van der Waals surface area contributed by atoms with E-state index in [1.807, 2.05) is 23.6 Å². The van der Waals surface area contributed by atoms with Gasteiger partial charge in [-0.3, -0.25) is 0 Å². The highest BCUT2D eigenvalue weighted by Gasteiger charge is 2.01. The van der Waals surface area contributed by atoms with Gasteiger partial charge < -0.3 is 9.73 Å². The summed E-state index contributed by atoms with van der Waals surface area (Å²) in [5.41, 5.74) is 0. The van der Waals surface area contributed by atoms with E-state index in [0.29, 0.717) is 0 Å². The first-order valence-corrected chi connectivity index (χ1v) is 5.57. The highest BCUT2D eigenvalue weighted by molar-refractivity contribution is 7.10. The Morgan fingerprint density at radius 2 is 2.29 bits per heavy atom. The molecule has 0 radical (unpaired) electrons. The van der Waals surface area contributed by atoms with E-state index in [1.165, 1.54) is 4.88 Å². The Kier molecular flexibility index (Phi) is 3.24. The van der Waals surface area contributed by atoms with Gasteiger partial charge in [-0.1, -0.05) is 11.6 Å². The molecular formula is C10H10ClNOS. The van der Waals surface area contributed by atoms with Gasteiger partial charge in [0.2, 0.25) is 0 Å². The van der Waals surface area contributed by atoms with Crippen LogP contribution in [0.15, 0.2) is 34.3 Å². The lowest BCUT2D eigenvalue weighted by Crippen LogP contribution is -2.11. The zero-order chi connectivity index (χ0) is 9.80. The lowest BCUT2D eigenvalue weighted by atomic mass is 10.4. The normalized spacial score (nSPS) is 10.6. The highest BCUT2D eigenvalue weighted by Crippen LogP contribution is 2.21. The summed E-state index contributed by atoms with van der Waals surface area (Å²) in [4.78, 5) is 1.17. The Balaban J connectivity index is 1.81. The molecule has 2 aromatic heterocycles. The molecule has 0 saturated heterocycles. The number of hydrogen-bond acceptors (Lipinski definition) is 3. The number of hydrogen-bond donors (Lipinski definition) is 1. The monoisotopic (exact) mass is 227 g/mol. The molecule has 0 atom stereocenters. The van der Waals surface area contributed by atoms with Crippen molar-refractivity contribution in [2.75, 3.05) is 0 Å². The summed E-state index contributed by atoms with van der Waals surface area (Å²) in [6.07, 6.45) is 1.68. The van der Waals surface area contributed by atoms with Crippen molar-refractivity contribution in [3.8, 4) is 0 Å². The van der Waals surface area contributed by atoms with Gasteiger partial charge in [0.25, 0.3) is 0 Å². The molecule has 14 heavy (non-hydrogen) atoms. The fourth-order valence-electron chi connectivity index (χ4n) is 1.16. The minimum atomic E-state index is 0.737. The molecule has 2 aromatic rings. The van der Waals surface area contributed by atoms with Crippen LogP contribution in [0.5, 0.6) is 0 Å². The van der Waals surface area contributed by atoms with Gasteiger partial charge in [-0.2, -0.15) is 0 Å². The smallest absolute Gasteiger partial charge is 0.117 e. The maximum absolute atomic E-state index is 5.95. The molecule has 0 aliphatic carbocycles. The van der Waals surface area contributed by atoms with Crippen LogP contribution in [0.25, 0.3) is 0 Å². The number of halogens is 1. The number of furan rings is 1. The van der Waals surface area contributed by atoms with Crippen LogP contribution in [-0.2, 0) is 13.1 Å². The first-order valence-electron chi connectivity index (χ1n) is 4.31. The second kappa shape index (κ2) is 4.64. The second-order valence-corrected chi connectivity index (χ2v) is 4.28. The average molecular weight is 228 g/mol. The van der Waals surface area contributed by atoms with E-state index in [2.05, 4.69) is 5.32 Å². The summed E-state index contributed by atoms with van der Waals surface area (Å²) in [6, 6.07) is 5.74. The number of nitrogens with one attached hydrogen (secondary N) is 1. The minimum absolute atomic E-state index is 0.737. The van der Waals surface area contributed by atoms with Gasteiger partial charge in [0, 0.05) is 11.4 Å². The Labute approximate surface area is 91.5 Å². The van der Waals surface area contributed by atoms with E-state index in [9.17, 15) is 0 Å². The predicted molar refractivity (Wildman–Crippen MR) is 58.6 cm³/mol. The van der Waals surface area contributed by atoms with Gasteiger partial charge in [-0.05, 0) is 23.6 Å². The third-order valence-electron chi connectivity index (χ3n) is 1.86. The van der Waals surface area contributed by atoms with E-state index >= 15 is 0 Å². The SMILES string of the molecule is Clc1ccsc1CNCc1ccco1. The summed E-state index contributed by atoms with van der Waals surface area (Å²) in [6.45, 7) is 1.53. The van der Waals surface area contributed by atoms with Crippen LogP contribution < -0.4 is 5.32 Å². The lowest BCUT2D eigenvalue weighted by molar-refractivity contribution is 0.484. The molecule has 0 aliphatic rings. The van der Waals surface area contributed by atoms with Crippen molar-refractivity contribution in [1.82, 2.24) is 5.32 Å². The molecule has 4 heteroatoms. The predicted octanol–water partition coefficient (Wildman–Crippen LogP) is 3.28. The minimum Gasteiger partial charge on any atom is -0.468 e. The van der Waals surface area contributed by atoms with Crippen LogP contribution in [0, 0.1) is 0 Å². The van der Waals surface area contributed by atoms with E-state index in [-0.39, 0.29) is 0 Å². The quantitative estimate of drug-likeness (QED) is 0.867. The van der Waals surface area contributed by atoms with Crippen LogP contribution in [0.3, 0.4) is 0 Å². The van der Waals surface area contributed by atoms with Crippen molar-refractivity contribution < 1.29 is 4.42 Å². The fourth-order valence-corrected chi connectivity index (χ4v) is 2.24. The maximum atomic E-state index is 5.95. The van der Waals surface area contributed by atoms with Gasteiger partial charge in [0.05, 0.1) is 17.8 Å². The van der Waals surface area contributed by atoms with Gasteiger partial charge in [-0.25, -0.2) is 0 Å². The summed E-state index contributed by atoms with van der Waals surface area (Å²) in [5, 5.41) is 6.09. The Hall–Kier alpha value is -0.770. The van der Waals surface area contributed by atoms with Gasteiger partial charge in [-0.15, -0.1) is 11.3 Å². The van der Waals surface area contributed by atoms with Gasteiger partial charge in [0.15, 0.2) is 0 Å². The highest BCUT2D eigenvalue weighted by atomic mass is 35.5. The topological polar surface area (TPSA) is 25.2 Å². The molecule has 0 amide bonds. The molecule has 0 fully saturated rings. The van der Waals surface area contributed by atoms with E-state index in [0.717, 1.165) is 23.9 Å². The molecule has 0 bridgehead atoms. The molecule has 0 saturated carbocycles. The van der Waals surface area contributed by atoms with Crippen molar-refractivity contribution in [2.24, 2.45) is 0 Å². The third-order valence-corrected chi connectivity index (χ3v) is 3.24. The molecule has 0 unspecified atom stereocenters. The first-order chi connectivity index (χ1) is 6.86. The summed E-state index contributed by atoms with van der Waals surface area (Å²) in [7, 11) is 0. The summed E-state index contributed by atoms with van der Waals surface area (Å²) >= 11 is 7.61. The van der Waals surface area contributed by atoms with Crippen molar-refractivity contribution in [2.45, 2.75) is 13.1 Å². The summed E-state index contributed by atoms with van der Waals surface area (Å²) in [5.74, 6) is 0.942. The lowest BCUT2D eigenvalue weighted by Gasteiger charge is -2.00. The molecule has 2 nitrogen and oxygen atoms in total. The largest absolute Gasteiger partial charge is 0.468 e. The van der Waals surface area contributed by atoms with Crippen molar-refractivity contribution in [3.05, 3.63) is 45.5 Å². The van der Waals surface area contributed by atoms with Gasteiger partial charge in [0.1, 0.15) is 5.76 Å². The summed E-state index contributed by atoms with van der Waals surface area (Å²) < 4.78 is 5.19. The molecule has 74 valence electrons. The zero-order valence-corrected chi connectivity index (χ0v) is 9.07. The number of thiophene rings is 1. The van der Waals surface area contributed by atoms with Crippen LogP contribution in [0.4, 0.5) is 0 Å². The molecular weight excluding hydrogens is 218 g/mol. The van der Waals surface area contributed by atoms with Crippen molar-refractivity contribution >= 4 is 22.9 Å². The molecule has 2 rings (SSSR count). The molecule has 0 spiro atoms. The third kappa shape index (κ3) is 2.38. The van der Waals surface area contributed by atoms with Crippen LogP contribution in [-0.4, -0.2) is 0 Å². The first kappa shape index (κ1) is 9.77. The molecule has 1 N–H and O–H groups in total. The molecule has 2 heterocycles. The maximum Gasteiger partial charge on any atom is 0.117 e. The zero-order valence-electron chi connectivity index (χ0n) is 7.50. The molecule has 0 aromatic carbocycles.